The molecule has 0 saturated heterocycles. The zero-order chi connectivity index (χ0) is 17.7. The minimum atomic E-state index is -4.42. The fourth-order valence-corrected chi connectivity index (χ4v) is 3.41. The topological polar surface area (TPSA) is 127 Å². The number of carbonyl (C=O) groups excluding carboxylic acids is 2. The first-order valence-corrected chi connectivity index (χ1v) is 8.98. The van der Waals surface area contributed by atoms with E-state index in [9.17, 15) is 22.6 Å². The van der Waals surface area contributed by atoms with E-state index in [0.717, 1.165) is 11.9 Å². The molecule has 2 aliphatic carbocycles. The molecule has 7 nitrogen and oxygen atoms in total. The van der Waals surface area contributed by atoms with Crippen molar-refractivity contribution in [1.29, 1.82) is 0 Å². The number of rotatable bonds is 6. The Bertz CT molecular complexity index is 746. The first-order valence-electron chi connectivity index (χ1n) is 7.54. The number of nitrogens with two attached hydrogens (primary N) is 1. The molecule has 0 heterocycles. The van der Waals surface area contributed by atoms with Crippen molar-refractivity contribution in [2.45, 2.75) is 12.8 Å². The molecule has 0 radical (unpaired) electrons. The van der Waals surface area contributed by atoms with Crippen molar-refractivity contribution in [3.8, 4) is 0 Å². The van der Waals surface area contributed by atoms with E-state index in [2.05, 4.69) is 5.32 Å². The summed E-state index contributed by atoms with van der Waals surface area (Å²) in [5.41, 5.74) is 6.65. The first kappa shape index (κ1) is 18.3. The maximum absolute atomic E-state index is 12.2. The number of nitrogens with one attached hydrogen (secondary N) is 1. The van der Waals surface area contributed by atoms with Crippen LogP contribution in [0.1, 0.15) is 12.8 Å². The molecule has 130 valence electrons. The third-order valence-electron chi connectivity index (χ3n) is 3.97. The molecule has 0 aromatic carbocycles. The van der Waals surface area contributed by atoms with Crippen LogP contribution in [0.15, 0.2) is 46.4 Å². The zero-order valence-electron chi connectivity index (χ0n) is 13.0. The van der Waals surface area contributed by atoms with Gasteiger partial charge in [-0.15, -0.1) is 0 Å². The summed E-state index contributed by atoms with van der Waals surface area (Å²) in [6.45, 7) is 0.259. The van der Waals surface area contributed by atoms with Crippen LogP contribution in [0.5, 0.6) is 0 Å². The summed E-state index contributed by atoms with van der Waals surface area (Å²) >= 11 is 0. The Hall–Kier alpha value is -2.03. The van der Waals surface area contributed by atoms with Gasteiger partial charge in [0.25, 0.3) is 10.1 Å². The normalized spacial score (nSPS) is 23.8. The van der Waals surface area contributed by atoms with Crippen molar-refractivity contribution in [2.24, 2.45) is 17.6 Å². The molecule has 0 aromatic heterocycles. The Morgan fingerprint density at radius 1 is 1.38 bits per heavy atom. The third kappa shape index (κ3) is 4.50. The van der Waals surface area contributed by atoms with Gasteiger partial charge in [0, 0.05) is 19.0 Å². The van der Waals surface area contributed by atoms with Crippen LogP contribution in [0.3, 0.4) is 0 Å². The summed E-state index contributed by atoms with van der Waals surface area (Å²) < 4.78 is 32.1. The van der Waals surface area contributed by atoms with E-state index >= 15 is 0 Å². The standard InChI is InChI=1S/C16H20N2O5S/c17-8-14-6-5-13(7-15(14)24(21,22)23)16(20)18-9-11-1-3-12(10-19)4-2-11/h1-3,6-7,10,12-13H,4-5,8-9,17H2,(H,18,20)(H,21,22,23). The highest BCUT2D eigenvalue weighted by Gasteiger charge is 2.27. The van der Waals surface area contributed by atoms with E-state index in [4.69, 9.17) is 5.73 Å². The van der Waals surface area contributed by atoms with Crippen molar-refractivity contribution in [2.75, 3.05) is 13.1 Å². The minimum absolute atomic E-state index is 0.0322. The molecule has 2 atom stereocenters. The molecule has 0 aromatic rings. The average Bonchev–Trinajstić information content (AvgIpc) is 2.58. The summed E-state index contributed by atoms with van der Waals surface area (Å²) in [5, 5.41) is 2.73. The molecule has 0 saturated carbocycles. The number of hydrogen-bond donors (Lipinski definition) is 3. The van der Waals surface area contributed by atoms with Crippen molar-refractivity contribution >= 4 is 22.3 Å². The third-order valence-corrected chi connectivity index (χ3v) is 4.93. The summed E-state index contributed by atoms with van der Waals surface area (Å²) in [7, 11) is -4.42. The van der Waals surface area contributed by atoms with Gasteiger partial charge in [0.2, 0.25) is 5.91 Å². The van der Waals surface area contributed by atoms with E-state index < -0.39 is 16.0 Å². The highest BCUT2D eigenvalue weighted by atomic mass is 32.2. The summed E-state index contributed by atoms with van der Waals surface area (Å²) in [5.74, 6) is -1.15. The molecule has 0 fully saturated rings. The van der Waals surface area contributed by atoms with E-state index in [1.807, 2.05) is 6.08 Å². The Kier molecular flexibility index (Phi) is 5.87. The lowest BCUT2D eigenvalue weighted by molar-refractivity contribution is -0.123. The molecule has 24 heavy (non-hydrogen) atoms. The summed E-state index contributed by atoms with van der Waals surface area (Å²) in [6.07, 6.45) is 10.0. The SMILES string of the molecule is NCC1=CCC(C(=O)NCC2=CCC(C=O)C=C2)C=C1S(=O)(=O)O. The monoisotopic (exact) mass is 352 g/mol. The highest BCUT2D eigenvalue weighted by Crippen LogP contribution is 2.26. The first-order chi connectivity index (χ1) is 11.3. The van der Waals surface area contributed by atoms with E-state index in [1.165, 1.54) is 6.08 Å². The molecular formula is C16H20N2O5S. The second-order valence-electron chi connectivity index (χ2n) is 5.67. The Morgan fingerprint density at radius 3 is 2.67 bits per heavy atom. The second kappa shape index (κ2) is 7.69. The number of carbonyl (C=O) groups is 2. The maximum Gasteiger partial charge on any atom is 0.294 e. The largest absolute Gasteiger partial charge is 0.352 e. The van der Waals surface area contributed by atoms with Gasteiger partial charge in [-0.05, 0) is 24.0 Å². The fourth-order valence-electron chi connectivity index (χ4n) is 2.58. The van der Waals surface area contributed by atoms with Crippen LogP contribution in [-0.2, 0) is 19.7 Å². The van der Waals surface area contributed by atoms with Crippen LogP contribution >= 0.6 is 0 Å². The van der Waals surface area contributed by atoms with E-state index in [-0.39, 0.29) is 23.3 Å². The summed E-state index contributed by atoms with van der Waals surface area (Å²) in [4.78, 5) is 22.6. The fraction of sp³-hybridized carbons (Fsp3) is 0.375. The van der Waals surface area contributed by atoms with Gasteiger partial charge in [-0.2, -0.15) is 8.42 Å². The van der Waals surface area contributed by atoms with Crippen LogP contribution in [-0.4, -0.2) is 38.3 Å². The quantitative estimate of drug-likeness (QED) is 0.471. The molecule has 4 N–H and O–H groups in total. The molecule has 2 aliphatic rings. The van der Waals surface area contributed by atoms with Crippen molar-refractivity contribution in [1.82, 2.24) is 5.32 Å². The number of hydrogen-bond acceptors (Lipinski definition) is 5. The van der Waals surface area contributed by atoms with Gasteiger partial charge in [-0.1, -0.05) is 30.4 Å². The molecular weight excluding hydrogens is 332 g/mol. The molecule has 0 bridgehead atoms. The van der Waals surface area contributed by atoms with Gasteiger partial charge in [0.05, 0.1) is 10.8 Å². The van der Waals surface area contributed by atoms with E-state index in [0.29, 0.717) is 25.0 Å². The van der Waals surface area contributed by atoms with Crippen LogP contribution in [0, 0.1) is 11.8 Å². The lowest BCUT2D eigenvalue weighted by atomic mass is 9.95. The maximum atomic E-state index is 12.2. The van der Waals surface area contributed by atoms with Crippen LogP contribution in [0.4, 0.5) is 0 Å². The molecule has 0 spiro atoms. The van der Waals surface area contributed by atoms with Gasteiger partial charge < -0.3 is 15.8 Å². The smallest absolute Gasteiger partial charge is 0.294 e. The number of amides is 1. The Morgan fingerprint density at radius 2 is 2.12 bits per heavy atom. The molecule has 0 aliphatic heterocycles. The van der Waals surface area contributed by atoms with Gasteiger partial charge in [-0.25, -0.2) is 0 Å². The van der Waals surface area contributed by atoms with Crippen LogP contribution in [0.2, 0.25) is 0 Å². The molecule has 1 amide bonds. The zero-order valence-corrected chi connectivity index (χ0v) is 13.8. The minimum Gasteiger partial charge on any atom is -0.352 e. The lowest BCUT2D eigenvalue weighted by Crippen LogP contribution is -2.33. The molecule has 2 unspecified atom stereocenters. The lowest BCUT2D eigenvalue weighted by Gasteiger charge is -2.20. The Labute approximate surface area is 140 Å². The van der Waals surface area contributed by atoms with Gasteiger partial charge in [0.1, 0.15) is 6.29 Å². The molecule has 2 rings (SSSR count). The Balaban J connectivity index is 2.00. The highest BCUT2D eigenvalue weighted by molar-refractivity contribution is 7.90. The van der Waals surface area contributed by atoms with Crippen molar-refractivity contribution in [3.63, 3.8) is 0 Å². The predicted octanol–water partition coefficient (Wildman–Crippen LogP) is 0.481. The predicted molar refractivity (Wildman–Crippen MR) is 89.3 cm³/mol. The second-order valence-corrected chi connectivity index (χ2v) is 7.06. The van der Waals surface area contributed by atoms with Crippen LogP contribution < -0.4 is 11.1 Å². The molecule has 8 heteroatoms. The number of aldehydes is 1. The van der Waals surface area contributed by atoms with Gasteiger partial charge in [0.15, 0.2) is 0 Å². The van der Waals surface area contributed by atoms with E-state index in [1.54, 1.807) is 18.2 Å². The van der Waals surface area contributed by atoms with Crippen molar-refractivity contribution < 1.29 is 22.6 Å². The van der Waals surface area contributed by atoms with Gasteiger partial charge in [-0.3, -0.25) is 9.35 Å². The van der Waals surface area contributed by atoms with Gasteiger partial charge >= 0.3 is 0 Å². The van der Waals surface area contributed by atoms with Crippen LogP contribution in [0.25, 0.3) is 0 Å². The number of allylic oxidation sites excluding steroid dienone is 3. The average molecular weight is 352 g/mol. The summed E-state index contributed by atoms with van der Waals surface area (Å²) in [6, 6.07) is 0. The van der Waals surface area contributed by atoms with Crippen molar-refractivity contribution in [3.05, 3.63) is 46.4 Å².